The highest BCUT2D eigenvalue weighted by Crippen LogP contribution is 2.37. The van der Waals surface area contributed by atoms with E-state index in [1.165, 1.54) is 4.31 Å². The van der Waals surface area contributed by atoms with Gasteiger partial charge in [-0.2, -0.15) is 4.31 Å². The fourth-order valence-corrected chi connectivity index (χ4v) is 6.30. The van der Waals surface area contributed by atoms with Gasteiger partial charge in [-0.05, 0) is 42.7 Å². The smallest absolute Gasteiger partial charge is 0.243 e. The second-order valence-electron chi connectivity index (χ2n) is 9.56. The molecule has 3 aromatic carbocycles. The van der Waals surface area contributed by atoms with Crippen molar-refractivity contribution in [2.45, 2.75) is 30.7 Å². The van der Waals surface area contributed by atoms with Crippen molar-refractivity contribution in [2.24, 2.45) is 5.41 Å². The quantitative estimate of drug-likeness (QED) is 0.398. The van der Waals surface area contributed by atoms with Gasteiger partial charge in [-0.25, -0.2) is 17.2 Å². The van der Waals surface area contributed by atoms with Crippen molar-refractivity contribution in [2.75, 3.05) is 26.7 Å². The Kier molecular flexibility index (Phi) is 8.24. The summed E-state index contributed by atoms with van der Waals surface area (Å²) in [6.45, 7) is 0.707. The van der Waals surface area contributed by atoms with E-state index in [0.717, 1.165) is 17.7 Å². The van der Waals surface area contributed by atoms with Crippen LogP contribution in [0.5, 0.6) is 5.75 Å². The van der Waals surface area contributed by atoms with E-state index in [-0.39, 0.29) is 32.0 Å². The molecule has 1 saturated heterocycles. The summed E-state index contributed by atoms with van der Waals surface area (Å²) in [6, 6.07) is 21.0. The zero-order chi connectivity index (χ0) is 26.5. The van der Waals surface area contributed by atoms with E-state index in [1.807, 2.05) is 48.5 Å². The third-order valence-electron chi connectivity index (χ3n) is 6.60. The summed E-state index contributed by atoms with van der Waals surface area (Å²) in [7, 11) is -2.48. The van der Waals surface area contributed by atoms with Gasteiger partial charge in [-0.3, -0.25) is 4.79 Å². The lowest BCUT2D eigenvalue weighted by molar-refractivity contribution is -0.134. The molecule has 1 aliphatic heterocycles. The van der Waals surface area contributed by atoms with Crippen molar-refractivity contribution in [1.82, 2.24) is 9.21 Å². The van der Waals surface area contributed by atoms with Crippen LogP contribution in [-0.2, 0) is 21.4 Å². The minimum atomic E-state index is -4.19. The zero-order valence-corrected chi connectivity index (χ0v) is 21.5. The van der Waals surface area contributed by atoms with E-state index in [4.69, 9.17) is 4.74 Å². The minimum Gasteiger partial charge on any atom is -0.493 e. The van der Waals surface area contributed by atoms with Crippen molar-refractivity contribution in [3.63, 3.8) is 0 Å². The number of carbonyl (C=O) groups is 1. The predicted octanol–water partition coefficient (Wildman–Crippen LogP) is 4.86. The van der Waals surface area contributed by atoms with Gasteiger partial charge in [0, 0.05) is 44.6 Å². The van der Waals surface area contributed by atoms with Crippen LogP contribution < -0.4 is 4.74 Å². The number of halogens is 2. The first-order chi connectivity index (χ1) is 17.7. The van der Waals surface area contributed by atoms with Gasteiger partial charge >= 0.3 is 0 Å². The van der Waals surface area contributed by atoms with Gasteiger partial charge in [0.1, 0.15) is 17.4 Å². The lowest BCUT2D eigenvalue weighted by Crippen LogP contribution is -2.50. The number of nitrogens with zero attached hydrogens (tertiary/aromatic N) is 2. The van der Waals surface area contributed by atoms with Gasteiger partial charge < -0.3 is 9.64 Å². The van der Waals surface area contributed by atoms with Gasteiger partial charge in [-0.1, -0.05) is 48.5 Å². The summed E-state index contributed by atoms with van der Waals surface area (Å²) in [5.74, 6) is -1.46. The largest absolute Gasteiger partial charge is 0.493 e. The molecular weight excluding hydrogens is 498 g/mol. The van der Waals surface area contributed by atoms with Crippen LogP contribution in [-0.4, -0.2) is 50.3 Å². The predicted molar refractivity (Wildman–Crippen MR) is 136 cm³/mol. The molecule has 6 nitrogen and oxygen atoms in total. The van der Waals surface area contributed by atoms with Gasteiger partial charge in [-0.15, -0.1) is 0 Å². The molecule has 3 aromatic rings. The molecule has 9 heteroatoms. The van der Waals surface area contributed by atoms with E-state index >= 15 is 0 Å². The van der Waals surface area contributed by atoms with Gasteiger partial charge in [0.25, 0.3) is 0 Å². The third-order valence-corrected chi connectivity index (χ3v) is 8.43. The van der Waals surface area contributed by atoms with Gasteiger partial charge in [0.05, 0.1) is 11.5 Å². The lowest BCUT2D eigenvalue weighted by Gasteiger charge is -2.42. The van der Waals surface area contributed by atoms with Crippen LogP contribution >= 0.6 is 0 Å². The molecule has 1 atom stereocenters. The van der Waals surface area contributed by atoms with Crippen LogP contribution in [0.4, 0.5) is 8.78 Å². The summed E-state index contributed by atoms with van der Waals surface area (Å²) < 4.78 is 61.7. The Morgan fingerprint density at radius 2 is 1.62 bits per heavy atom. The van der Waals surface area contributed by atoms with Crippen molar-refractivity contribution < 1.29 is 26.7 Å². The molecule has 1 fully saturated rings. The molecule has 0 spiro atoms. The normalized spacial score (nSPS) is 18.4. The minimum absolute atomic E-state index is 0.00871. The zero-order valence-electron chi connectivity index (χ0n) is 20.6. The molecule has 1 heterocycles. The standard InChI is InChI=1S/C28H30F2N2O4S/c1-31(19-22-9-4-2-5-10-22)27(33)18-28(21-36-25-11-6-3-7-12-25)13-8-14-32(20-28)37(34,35)26-16-23(29)15-24(30)17-26/h2-7,9-12,15-17H,8,13-14,18-21H2,1H3/t28-/m0/s1. The Hall–Kier alpha value is -3.30. The van der Waals surface area contributed by atoms with Crippen LogP contribution in [0.1, 0.15) is 24.8 Å². The third kappa shape index (κ3) is 6.72. The average molecular weight is 529 g/mol. The molecule has 0 unspecified atom stereocenters. The Balaban J connectivity index is 1.58. The number of amides is 1. The number of ether oxygens (including phenoxy) is 1. The molecule has 1 amide bonds. The van der Waals surface area contributed by atoms with Gasteiger partial charge in [0.15, 0.2) is 0 Å². The first kappa shape index (κ1) is 26.8. The average Bonchev–Trinajstić information content (AvgIpc) is 2.88. The fraction of sp³-hybridized carbons (Fsp3) is 0.321. The number of hydrogen-bond acceptors (Lipinski definition) is 4. The Bertz CT molecular complexity index is 1300. The number of sulfonamides is 1. The van der Waals surface area contributed by atoms with Gasteiger partial charge in [0.2, 0.25) is 15.9 Å². The summed E-state index contributed by atoms with van der Waals surface area (Å²) in [6.07, 6.45) is 1.10. The Morgan fingerprint density at radius 3 is 2.27 bits per heavy atom. The molecule has 37 heavy (non-hydrogen) atoms. The molecule has 0 saturated carbocycles. The fourth-order valence-electron chi connectivity index (χ4n) is 4.66. The summed E-state index contributed by atoms with van der Waals surface area (Å²) in [4.78, 5) is 14.5. The lowest BCUT2D eigenvalue weighted by atomic mass is 9.78. The van der Waals surface area contributed by atoms with E-state index in [9.17, 15) is 22.0 Å². The molecule has 1 aliphatic rings. The second kappa shape index (κ2) is 11.4. The van der Waals surface area contributed by atoms with Crippen molar-refractivity contribution in [1.29, 1.82) is 0 Å². The number of para-hydroxylation sites is 1. The number of piperidine rings is 1. The van der Waals surface area contributed by atoms with Crippen molar-refractivity contribution in [3.05, 3.63) is 96.1 Å². The highest BCUT2D eigenvalue weighted by Gasteiger charge is 2.43. The Morgan fingerprint density at radius 1 is 1.00 bits per heavy atom. The van der Waals surface area contributed by atoms with Crippen LogP contribution in [0, 0.1) is 17.0 Å². The molecular formula is C28H30F2N2O4S. The molecule has 0 radical (unpaired) electrons. The maximum absolute atomic E-state index is 13.8. The van der Waals surface area contributed by atoms with E-state index in [0.29, 0.717) is 31.2 Å². The van der Waals surface area contributed by atoms with E-state index in [2.05, 4.69) is 0 Å². The highest BCUT2D eigenvalue weighted by molar-refractivity contribution is 7.89. The van der Waals surface area contributed by atoms with E-state index in [1.54, 1.807) is 24.1 Å². The SMILES string of the molecule is CN(Cc1ccccc1)C(=O)C[C@@]1(COc2ccccc2)CCCN(S(=O)(=O)c2cc(F)cc(F)c2)C1. The first-order valence-corrected chi connectivity index (χ1v) is 13.5. The van der Waals surface area contributed by atoms with E-state index < -0.39 is 32.0 Å². The maximum atomic E-state index is 13.8. The highest BCUT2D eigenvalue weighted by atomic mass is 32.2. The number of hydrogen-bond donors (Lipinski definition) is 0. The number of benzene rings is 3. The topological polar surface area (TPSA) is 66.9 Å². The molecule has 0 bridgehead atoms. The van der Waals surface area contributed by atoms with Crippen LogP contribution in [0.2, 0.25) is 0 Å². The molecule has 4 rings (SSSR count). The summed E-state index contributed by atoms with van der Waals surface area (Å²) >= 11 is 0. The second-order valence-corrected chi connectivity index (χ2v) is 11.5. The van der Waals surface area contributed by atoms with Crippen molar-refractivity contribution in [3.8, 4) is 5.75 Å². The summed E-state index contributed by atoms with van der Waals surface area (Å²) in [5.41, 5.74) is 0.156. The molecule has 0 N–H and O–H groups in total. The monoisotopic (exact) mass is 528 g/mol. The molecule has 0 aliphatic carbocycles. The van der Waals surface area contributed by atoms with Crippen LogP contribution in [0.25, 0.3) is 0 Å². The number of rotatable bonds is 9. The van der Waals surface area contributed by atoms with Crippen molar-refractivity contribution >= 4 is 15.9 Å². The first-order valence-electron chi connectivity index (χ1n) is 12.1. The molecule has 0 aromatic heterocycles. The maximum Gasteiger partial charge on any atom is 0.243 e. The molecule has 196 valence electrons. The Labute approximate surface area is 216 Å². The summed E-state index contributed by atoms with van der Waals surface area (Å²) in [5, 5.41) is 0. The van der Waals surface area contributed by atoms with Crippen LogP contribution in [0.3, 0.4) is 0 Å². The van der Waals surface area contributed by atoms with Crippen LogP contribution in [0.15, 0.2) is 83.8 Å². The number of carbonyl (C=O) groups excluding carboxylic acids is 1.